The van der Waals surface area contributed by atoms with Gasteiger partial charge in [-0.3, -0.25) is 19.7 Å². The van der Waals surface area contributed by atoms with E-state index in [0.717, 1.165) is 12.8 Å². The molecule has 0 radical (unpaired) electrons. The molecular weight excluding hydrogens is 210 g/mol. The Morgan fingerprint density at radius 1 is 1.19 bits per heavy atom. The van der Waals surface area contributed by atoms with Crippen LogP contribution in [-0.4, -0.2) is 41.2 Å². The fraction of sp³-hybridized carbons (Fsp3) is 0.700. The molecule has 3 N–H and O–H groups in total. The van der Waals surface area contributed by atoms with Crippen LogP contribution in [0.2, 0.25) is 0 Å². The molecule has 0 atom stereocenters. The average molecular weight is 225 g/mol. The van der Waals surface area contributed by atoms with Gasteiger partial charge in [-0.1, -0.05) is 12.8 Å². The van der Waals surface area contributed by atoms with Crippen molar-refractivity contribution in [2.45, 2.75) is 31.2 Å². The van der Waals surface area contributed by atoms with Crippen LogP contribution in [-0.2, 0) is 14.4 Å². The Labute approximate surface area is 93.1 Å². The highest BCUT2D eigenvalue weighted by atomic mass is 16.2. The third-order valence-corrected chi connectivity index (χ3v) is 3.16. The molecule has 0 aromatic heterocycles. The van der Waals surface area contributed by atoms with E-state index in [1.807, 2.05) is 0 Å². The van der Waals surface area contributed by atoms with Gasteiger partial charge in [0.1, 0.15) is 13.1 Å². The first-order valence-electron chi connectivity index (χ1n) is 5.42. The van der Waals surface area contributed by atoms with Gasteiger partial charge in [0.05, 0.1) is 5.54 Å². The normalized spacial score (nSPS) is 24.4. The van der Waals surface area contributed by atoms with Gasteiger partial charge in [0.2, 0.25) is 17.7 Å². The second kappa shape index (κ2) is 3.86. The number of carbonyl (C=O) groups excluding carboxylic acids is 3. The Bertz CT molecular complexity index is 331. The molecular formula is C10H15N3O3. The summed E-state index contributed by atoms with van der Waals surface area (Å²) in [5, 5.41) is 2.15. The predicted molar refractivity (Wildman–Crippen MR) is 55.1 cm³/mol. The van der Waals surface area contributed by atoms with E-state index in [2.05, 4.69) is 5.32 Å². The number of nitrogens with zero attached hydrogens (tertiary/aromatic N) is 1. The Morgan fingerprint density at radius 3 is 2.19 bits per heavy atom. The van der Waals surface area contributed by atoms with Crippen LogP contribution >= 0.6 is 0 Å². The van der Waals surface area contributed by atoms with E-state index in [4.69, 9.17) is 5.73 Å². The third kappa shape index (κ3) is 1.92. The number of carbonyl (C=O) groups is 3. The van der Waals surface area contributed by atoms with Crippen LogP contribution in [0, 0.1) is 0 Å². The summed E-state index contributed by atoms with van der Waals surface area (Å²) in [5.74, 6) is -1.15. The largest absolute Gasteiger partial charge is 0.322 e. The topological polar surface area (TPSA) is 92.5 Å². The van der Waals surface area contributed by atoms with E-state index in [1.165, 1.54) is 4.90 Å². The molecule has 16 heavy (non-hydrogen) atoms. The third-order valence-electron chi connectivity index (χ3n) is 3.16. The summed E-state index contributed by atoms with van der Waals surface area (Å²) in [6, 6.07) is 0. The van der Waals surface area contributed by atoms with Gasteiger partial charge in [0.15, 0.2) is 0 Å². The molecule has 0 spiro atoms. The van der Waals surface area contributed by atoms with Crippen LogP contribution in [0.15, 0.2) is 0 Å². The molecule has 1 saturated heterocycles. The van der Waals surface area contributed by atoms with Gasteiger partial charge in [-0.25, -0.2) is 0 Å². The van der Waals surface area contributed by atoms with E-state index in [-0.39, 0.29) is 19.0 Å². The highest BCUT2D eigenvalue weighted by molar-refractivity contribution is 6.03. The molecule has 2 rings (SSSR count). The summed E-state index contributed by atoms with van der Waals surface area (Å²) in [6.07, 6.45) is 3.13. The van der Waals surface area contributed by atoms with Crippen molar-refractivity contribution in [2.24, 2.45) is 5.73 Å². The lowest BCUT2D eigenvalue weighted by atomic mass is 9.97. The summed E-state index contributed by atoms with van der Waals surface area (Å²) >= 11 is 0. The predicted octanol–water partition coefficient (Wildman–Crippen LogP) is -1.26. The molecule has 0 unspecified atom stereocenters. The number of rotatable bonds is 1. The smallest absolute Gasteiger partial charge is 0.246 e. The Morgan fingerprint density at radius 2 is 1.69 bits per heavy atom. The average Bonchev–Trinajstić information content (AvgIpc) is 2.64. The van der Waals surface area contributed by atoms with E-state index in [9.17, 15) is 14.4 Å². The fourth-order valence-corrected chi connectivity index (χ4v) is 2.32. The summed E-state index contributed by atoms with van der Waals surface area (Å²) in [5.41, 5.74) is 5.13. The van der Waals surface area contributed by atoms with Gasteiger partial charge in [-0.05, 0) is 12.8 Å². The van der Waals surface area contributed by atoms with Gasteiger partial charge in [-0.2, -0.15) is 0 Å². The summed E-state index contributed by atoms with van der Waals surface area (Å²) < 4.78 is 0. The minimum absolute atomic E-state index is 0.0659. The lowest BCUT2D eigenvalue weighted by Crippen LogP contribution is -2.60. The Hall–Kier alpha value is -1.43. The summed E-state index contributed by atoms with van der Waals surface area (Å²) in [6.45, 7) is -0.132. The molecule has 6 heteroatoms. The minimum atomic E-state index is -0.863. The number of nitrogens with one attached hydrogen (secondary N) is 1. The second-order valence-electron chi connectivity index (χ2n) is 4.50. The zero-order chi connectivity index (χ0) is 11.8. The van der Waals surface area contributed by atoms with Gasteiger partial charge in [-0.15, -0.1) is 0 Å². The molecule has 88 valence electrons. The van der Waals surface area contributed by atoms with Crippen molar-refractivity contribution in [3.63, 3.8) is 0 Å². The maximum Gasteiger partial charge on any atom is 0.246 e. The van der Waals surface area contributed by atoms with Crippen molar-refractivity contribution in [1.29, 1.82) is 0 Å². The van der Waals surface area contributed by atoms with Gasteiger partial charge in [0, 0.05) is 0 Å². The van der Waals surface area contributed by atoms with Crippen LogP contribution in [0.4, 0.5) is 0 Å². The lowest BCUT2D eigenvalue weighted by molar-refractivity contribution is -0.148. The molecule has 0 bridgehead atoms. The molecule has 1 heterocycles. The van der Waals surface area contributed by atoms with Crippen LogP contribution in [0.25, 0.3) is 0 Å². The maximum atomic E-state index is 12.1. The molecule has 1 aliphatic heterocycles. The molecule has 2 aliphatic rings. The first-order chi connectivity index (χ1) is 7.51. The first kappa shape index (κ1) is 11.1. The number of nitrogens with two attached hydrogens (primary N) is 1. The molecule has 1 saturated carbocycles. The minimum Gasteiger partial charge on any atom is -0.322 e. The molecule has 0 aromatic carbocycles. The zero-order valence-corrected chi connectivity index (χ0v) is 8.99. The van der Waals surface area contributed by atoms with Crippen LogP contribution in [0.1, 0.15) is 25.7 Å². The number of amides is 3. The van der Waals surface area contributed by atoms with Crippen LogP contribution in [0.3, 0.4) is 0 Å². The van der Waals surface area contributed by atoms with Gasteiger partial charge in [0.25, 0.3) is 0 Å². The Kier molecular flexibility index (Phi) is 2.67. The van der Waals surface area contributed by atoms with E-state index >= 15 is 0 Å². The Balaban J connectivity index is 2.09. The summed E-state index contributed by atoms with van der Waals surface area (Å²) in [7, 11) is 0. The van der Waals surface area contributed by atoms with Crippen molar-refractivity contribution in [2.75, 3.05) is 13.1 Å². The number of imide groups is 1. The van der Waals surface area contributed by atoms with Gasteiger partial charge < -0.3 is 10.6 Å². The van der Waals surface area contributed by atoms with Gasteiger partial charge >= 0.3 is 0 Å². The van der Waals surface area contributed by atoms with Crippen LogP contribution in [0.5, 0.6) is 0 Å². The lowest BCUT2D eigenvalue weighted by Gasteiger charge is -2.32. The summed E-state index contributed by atoms with van der Waals surface area (Å²) in [4.78, 5) is 35.6. The van der Waals surface area contributed by atoms with E-state index in [1.54, 1.807) is 0 Å². The highest BCUT2D eigenvalue weighted by Crippen LogP contribution is 2.29. The zero-order valence-electron chi connectivity index (χ0n) is 8.99. The quantitative estimate of drug-likeness (QED) is 0.545. The maximum absolute atomic E-state index is 12.1. The molecule has 1 aliphatic carbocycles. The van der Waals surface area contributed by atoms with E-state index in [0.29, 0.717) is 12.8 Å². The number of piperazine rings is 1. The molecule has 0 aromatic rings. The molecule has 3 amide bonds. The molecule has 2 fully saturated rings. The van der Waals surface area contributed by atoms with Crippen molar-refractivity contribution in [1.82, 2.24) is 10.2 Å². The number of hydrogen-bond donors (Lipinski definition) is 2. The van der Waals surface area contributed by atoms with Crippen molar-refractivity contribution < 1.29 is 14.4 Å². The number of hydrogen-bond acceptors (Lipinski definition) is 4. The standard InChI is InChI=1S/C10H15N3O3/c11-10(3-1-2-4-10)9(16)13-5-7(14)12-8(15)6-13/h1-6,11H2,(H,12,14,15). The van der Waals surface area contributed by atoms with Crippen molar-refractivity contribution in [3.05, 3.63) is 0 Å². The van der Waals surface area contributed by atoms with E-state index < -0.39 is 17.4 Å². The first-order valence-corrected chi connectivity index (χ1v) is 5.42. The van der Waals surface area contributed by atoms with Crippen LogP contribution < -0.4 is 11.1 Å². The van der Waals surface area contributed by atoms with Crippen molar-refractivity contribution in [3.8, 4) is 0 Å². The highest BCUT2D eigenvalue weighted by Gasteiger charge is 2.41. The molecule has 6 nitrogen and oxygen atoms in total. The SMILES string of the molecule is NC1(C(=O)N2CC(=O)NC(=O)C2)CCCC1. The monoisotopic (exact) mass is 225 g/mol. The second-order valence-corrected chi connectivity index (χ2v) is 4.50. The van der Waals surface area contributed by atoms with Crippen molar-refractivity contribution >= 4 is 17.7 Å². The fourth-order valence-electron chi connectivity index (χ4n) is 2.32.